The first kappa shape index (κ1) is 8.27. The molecular weight excluding hydrogens is 150 g/mol. The predicted molar refractivity (Wildman–Crippen MR) is 48.8 cm³/mol. The molecule has 0 aromatic heterocycles. The molecule has 68 valence electrons. The molecule has 1 fully saturated rings. The molecule has 2 aliphatic heterocycles. The van der Waals surface area contributed by atoms with Gasteiger partial charge in [0.15, 0.2) is 0 Å². The second-order valence-electron chi connectivity index (χ2n) is 3.84. The molecule has 0 aromatic rings. The minimum Gasteiger partial charge on any atom is -0.362 e. The van der Waals surface area contributed by atoms with Crippen LogP contribution in [0.15, 0.2) is 12.2 Å². The highest BCUT2D eigenvalue weighted by molar-refractivity contribution is 5.24. The predicted octanol–water partition coefficient (Wildman–Crippen LogP) is 1.46. The van der Waals surface area contributed by atoms with Gasteiger partial charge in [0.05, 0.1) is 11.7 Å². The van der Waals surface area contributed by atoms with E-state index in [0.29, 0.717) is 5.92 Å². The van der Waals surface area contributed by atoms with Crippen molar-refractivity contribution in [3.8, 4) is 0 Å². The van der Waals surface area contributed by atoms with Crippen LogP contribution in [0.3, 0.4) is 0 Å². The Morgan fingerprint density at radius 2 is 2.25 bits per heavy atom. The summed E-state index contributed by atoms with van der Waals surface area (Å²) >= 11 is 0. The fraction of sp³-hybridized carbons (Fsp3) is 0.800. The van der Waals surface area contributed by atoms with E-state index in [4.69, 9.17) is 10.5 Å². The van der Waals surface area contributed by atoms with Crippen molar-refractivity contribution in [3.05, 3.63) is 12.2 Å². The van der Waals surface area contributed by atoms with Crippen LogP contribution in [0.1, 0.15) is 26.7 Å². The van der Waals surface area contributed by atoms with Gasteiger partial charge in [0.1, 0.15) is 0 Å². The van der Waals surface area contributed by atoms with Gasteiger partial charge in [-0.3, -0.25) is 0 Å². The molecule has 2 nitrogen and oxygen atoms in total. The molecular formula is C10H17NO. The van der Waals surface area contributed by atoms with Crippen molar-refractivity contribution in [2.24, 2.45) is 11.7 Å². The number of nitrogens with two attached hydrogens (primary N) is 1. The third-order valence-electron chi connectivity index (χ3n) is 3.39. The topological polar surface area (TPSA) is 35.2 Å². The van der Waals surface area contributed by atoms with E-state index in [1.165, 1.54) is 0 Å². The van der Waals surface area contributed by atoms with Crippen molar-refractivity contribution in [3.63, 3.8) is 0 Å². The van der Waals surface area contributed by atoms with E-state index in [2.05, 4.69) is 26.0 Å². The Morgan fingerprint density at radius 3 is 2.75 bits per heavy atom. The summed E-state index contributed by atoms with van der Waals surface area (Å²) in [6, 6.07) is 0.222. The number of ether oxygens (including phenoxy) is 1. The van der Waals surface area contributed by atoms with Crippen molar-refractivity contribution in [1.82, 2.24) is 0 Å². The molecule has 1 saturated heterocycles. The maximum atomic E-state index is 6.06. The highest BCUT2D eigenvalue weighted by Gasteiger charge is 2.52. The van der Waals surface area contributed by atoms with E-state index in [1.807, 2.05) is 0 Å². The van der Waals surface area contributed by atoms with Crippen LogP contribution in [0.5, 0.6) is 0 Å². The second kappa shape index (κ2) is 2.57. The van der Waals surface area contributed by atoms with Gasteiger partial charge in [-0.1, -0.05) is 26.0 Å². The molecule has 0 aromatic carbocycles. The molecule has 2 rings (SSSR count). The van der Waals surface area contributed by atoms with Crippen molar-refractivity contribution in [2.75, 3.05) is 0 Å². The van der Waals surface area contributed by atoms with Crippen molar-refractivity contribution in [2.45, 2.75) is 44.4 Å². The average molecular weight is 167 g/mol. The number of fused-ring (bicyclic) bond motifs is 2. The van der Waals surface area contributed by atoms with Crippen LogP contribution >= 0.6 is 0 Å². The summed E-state index contributed by atoms with van der Waals surface area (Å²) < 4.78 is 5.89. The Balaban J connectivity index is 2.29. The van der Waals surface area contributed by atoms with Crippen molar-refractivity contribution in [1.29, 1.82) is 0 Å². The van der Waals surface area contributed by atoms with Crippen LogP contribution in [-0.2, 0) is 4.74 Å². The molecule has 4 unspecified atom stereocenters. The average Bonchev–Trinajstić information content (AvgIpc) is 2.61. The van der Waals surface area contributed by atoms with Crippen LogP contribution in [0.4, 0.5) is 0 Å². The quantitative estimate of drug-likeness (QED) is 0.632. The summed E-state index contributed by atoms with van der Waals surface area (Å²) in [5, 5.41) is 0. The van der Waals surface area contributed by atoms with Gasteiger partial charge in [-0.15, -0.1) is 0 Å². The van der Waals surface area contributed by atoms with Crippen LogP contribution in [0.25, 0.3) is 0 Å². The van der Waals surface area contributed by atoms with Gasteiger partial charge < -0.3 is 10.5 Å². The fourth-order valence-corrected chi connectivity index (χ4v) is 2.64. The normalized spacial score (nSPS) is 50.4. The molecule has 0 spiro atoms. The Morgan fingerprint density at radius 1 is 1.50 bits per heavy atom. The van der Waals surface area contributed by atoms with E-state index < -0.39 is 0 Å². The minimum absolute atomic E-state index is 0.0150. The molecule has 0 radical (unpaired) electrons. The second-order valence-corrected chi connectivity index (χ2v) is 3.84. The van der Waals surface area contributed by atoms with E-state index in [9.17, 15) is 0 Å². The maximum absolute atomic E-state index is 6.06. The van der Waals surface area contributed by atoms with Crippen LogP contribution in [0.2, 0.25) is 0 Å². The van der Waals surface area contributed by atoms with Gasteiger partial charge in [-0.05, 0) is 12.8 Å². The van der Waals surface area contributed by atoms with Crippen molar-refractivity contribution >= 4 is 0 Å². The molecule has 2 bridgehead atoms. The fourth-order valence-electron chi connectivity index (χ4n) is 2.64. The lowest BCUT2D eigenvalue weighted by atomic mass is 9.77. The largest absolute Gasteiger partial charge is 0.362 e. The van der Waals surface area contributed by atoms with Crippen LogP contribution in [0, 0.1) is 5.92 Å². The zero-order chi connectivity index (χ0) is 8.77. The standard InChI is InChI=1S/C10H17NO/c1-3-7-9(11)8-5-6-10(7,4-2)12-8/h5-9H,3-4,11H2,1-2H3. The monoisotopic (exact) mass is 167 g/mol. The Kier molecular flexibility index (Phi) is 1.77. The highest BCUT2D eigenvalue weighted by atomic mass is 16.5. The van der Waals surface area contributed by atoms with E-state index in [1.54, 1.807) is 0 Å². The van der Waals surface area contributed by atoms with E-state index in [-0.39, 0.29) is 17.7 Å². The summed E-state index contributed by atoms with van der Waals surface area (Å²) in [5.41, 5.74) is 6.04. The van der Waals surface area contributed by atoms with Crippen LogP contribution < -0.4 is 5.73 Å². The molecule has 2 N–H and O–H groups in total. The molecule has 2 heteroatoms. The summed E-state index contributed by atoms with van der Waals surface area (Å²) in [7, 11) is 0. The lowest BCUT2D eigenvalue weighted by Gasteiger charge is -2.30. The number of rotatable bonds is 2. The Bertz CT molecular complexity index is 214. The van der Waals surface area contributed by atoms with Gasteiger partial charge >= 0.3 is 0 Å². The molecule has 2 heterocycles. The smallest absolute Gasteiger partial charge is 0.0923 e. The third-order valence-corrected chi connectivity index (χ3v) is 3.39. The number of hydrogen-bond acceptors (Lipinski definition) is 2. The van der Waals surface area contributed by atoms with Gasteiger partial charge in [-0.25, -0.2) is 0 Å². The molecule has 4 atom stereocenters. The summed E-state index contributed by atoms with van der Waals surface area (Å²) in [6.07, 6.45) is 6.70. The molecule has 0 saturated carbocycles. The highest BCUT2D eigenvalue weighted by Crippen LogP contribution is 2.45. The van der Waals surface area contributed by atoms with Gasteiger partial charge in [0, 0.05) is 12.0 Å². The lowest BCUT2D eigenvalue weighted by Crippen LogP contribution is -2.41. The molecule has 0 aliphatic carbocycles. The zero-order valence-corrected chi connectivity index (χ0v) is 7.79. The third kappa shape index (κ3) is 0.824. The first-order chi connectivity index (χ1) is 5.73. The molecule has 0 amide bonds. The first-order valence-electron chi connectivity index (χ1n) is 4.86. The summed E-state index contributed by atoms with van der Waals surface area (Å²) in [5.74, 6) is 0.525. The minimum atomic E-state index is -0.0150. The summed E-state index contributed by atoms with van der Waals surface area (Å²) in [6.45, 7) is 4.37. The number of hydrogen-bond donors (Lipinski definition) is 1. The first-order valence-corrected chi connectivity index (χ1v) is 4.86. The van der Waals surface area contributed by atoms with E-state index >= 15 is 0 Å². The van der Waals surface area contributed by atoms with E-state index in [0.717, 1.165) is 12.8 Å². The lowest BCUT2D eigenvalue weighted by molar-refractivity contribution is 0.00862. The van der Waals surface area contributed by atoms with Gasteiger partial charge in [0.25, 0.3) is 0 Å². The Labute approximate surface area is 73.8 Å². The van der Waals surface area contributed by atoms with Gasteiger partial charge in [-0.2, -0.15) is 0 Å². The SMILES string of the molecule is CCC1C(N)C2C=CC1(CC)O2. The van der Waals surface area contributed by atoms with Crippen molar-refractivity contribution < 1.29 is 4.74 Å². The molecule has 12 heavy (non-hydrogen) atoms. The zero-order valence-electron chi connectivity index (χ0n) is 7.79. The van der Waals surface area contributed by atoms with Gasteiger partial charge in [0.2, 0.25) is 0 Å². The van der Waals surface area contributed by atoms with Crippen LogP contribution in [-0.4, -0.2) is 17.7 Å². The molecule has 2 aliphatic rings. The Hall–Kier alpha value is -0.340. The maximum Gasteiger partial charge on any atom is 0.0923 e. The summed E-state index contributed by atoms with van der Waals surface area (Å²) in [4.78, 5) is 0.